The van der Waals surface area contributed by atoms with E-state index in [1.54, 1.807) is 6.07 Å². The van der Waals surface area contributed by atoms with Crippen molar-refractivity contribution >= 4 is 21.4 Å². The standard InChI is InChI=1S/C9H11NO3S2/c1-15(12,13)10-7-9-5-4-8(14-9)3-2-6-11/h4-5,10-11H,6-7H2,1H3. The molecule has 0 aliphatic rings. The van der Waals surface area contributed by atoms with Crippen molar-refractivity contribution in [1.29, 1.82) is 0 Å². The molecule has 0 aliphatic carbocycles. The summed E-state index contributed by atoms with van der Waals surface area (Å²) in [6.45, 7) is 0.110. The lowest BCUT2D eigenvalue weighted by Gasteiger charge is -1.97. The van der Waals surface area contributed by atoms with Crippen molar-refractivity contribution in [2.75, 3.05) is 12.9 Å². The maximum Gasteiger partial charge on any atom is 0.209 e. The first-order valence-corrected chi connectivity index (χ1v) is 6.85. The van der Waals surface area contributed by atoms with E-state index < -0.39 is 10.0 Å². The van der Waals surface area contributed by atoms with Crippen LogP contribution in [0.25, 0.3) is 0 Å². The zero-order valence-corrected chi connectivity index (χ0v) is 9.78. The molecule has 82 valence electrons. The number of rotatable bonds is 3. The summed E-state index contributed by atoms with van der Waals surface area (Å²) in [7, 11) is -3.15. The Balaban J connectivity index is 2.61. The minimum atomic E-state index is -3.15. The van der Waals surface area contributed by atoms with E-state index in [2.05, 4.69) is 16.6 Å². The fourth-order valence-corrected chi connectivity index (χ4v) is 2.20. The summed E-state index contributed by atoms with van der Waals surface area (Å²) in [6, 6.07) is 3.61. The van der Waals surface area contributed by atoms with Crippen molar-refractivity contribution in [3.63, 3.8) is 0 Å². The maximum atomic E-state index is 10.8. The van der Waals surface area contributed by atoms with Crippen LogP contribution in [0.15, 0.2) is 12.1 Å². The molecule has 15 heavy (non-hydrogen) atoms. The minimum absolute atomic E-state index is 0.172. The smallest absolute Gasteiger partial charge is 0.209 e. The first-order valence-electron chi connectivity index (χ1n) is 4.14. The van der Waals surface area contributed by atoms with Crippen molar-refractivity contribution in [2.24, 2.45) is 0 Å². The molecule has 0 aromatic carbocycles. The molecule has 1 aromatic heterocycles. The second-order valence-corrected chi connectivity index (χ2v) is 5.82. The summed E-state index contributed by atoms with van der Waals surface area (Å²) in [5.74, 6) is 5.28. The molecular formula is C9H11NO3S2. The van der Waals surface area contributed by atoms with Crippen molar-refractivity contribution in [1.82, 2.24) is 4.72 Å². The van der Waals surface area contributed by atoms with E-state index in [0.29, 0.717) is 0 Å². The first-order chi connectivity index (χ1) is 7.01. The van der Waals surface area contributed by atoms with Gasteiger partial charge in [0.25, 0.3) is 0 Å². The van der Waals surface area contributed by atoms with Gasteiger partial charge in [0.1, 0.15) is 6.61 Å². The van der Waals surface area contributed by atoms with Crippen molar-refractivity contribution in [3.05, 3.63) is 21.9 Å². The Kier molecular flexibility index (Phi) is 4.29. The first kappa shape index (κ1) is 12.2. The normalized spacial score (nSPS) is 10.8. The molecule has 0 saturated carbocycles. The molecule has 1 aromatic rings. The van der Waals surface area contributed by atoms with Crippen LogP contribution < -0.4 is 4.72 Å². The molecule has 0 unspecified atom stereocenters. The predicted molar refractivity (Wildman–Crippen MR) is 60.0 cm³/mol. The van der Waals surface area contributed by atoms with Gasteiger partial charge in [-0.3, -0.25) is 0 Å². The van der Waals surface area contributed by atoms with Crippen LogP contribution in [0.5, 0.6) is 0 Å². The van der Waals surface area contributed by atoms with Gasteiger partial charge in [-0.2, -0.15) is 0 Å². The molecule has 6 heteroatoms. The molecule has 0 aliphatic heterocycles. The second kappa shape index (κ2) is 5.28. The third-order valence-electron chi connectivity index (χ3n) is 1.46. The summed E-state index contributed by atoms with van der Waals surface area (Å²) in [5.41, 5.74) is 0. The molecule has 0 fully saturated rings. The maximum absolute atomic E-state index is 10.8. The van der Waals surface area contributed by atoms with Gasteiger partial charge in [0, 0.05) is 11.4 Å². The lowest BCUT2D eigenvalue weighted by Crippen LogP contribution is -2.20. The Morgan fingerprint density at radius 3 is 2.87 bits per heavy atom. The van der Waals surface area contributed by atoms with E-state index in [0.717, 1.165) is 16.0 Å². The molecule has 4 nitrogen and oxygen atoms in total. The van der Waals surface area contributed by atoms with Crippen LogP contribution in [0.1, 0.15) is 9.75 Å². The lowest BCUT2D eigenvalue weighted by atomic mass is 10.4. The number of nitrogens with one attached hydrogen (secondary N) is 1. The van der Waals surface area contributed by atoms with Crippen LogP contribution in [-0.4, -0.2) is 26.4 Å². The molecule has 2 N–H and O–H groups in total. The Labute approximate surface area is 93.0 Å². The van der Waals surface area contributed by atoms with E-state index >= 15 is 0 Å². The van der Waals surface area contributed by atoms with E-state index in [1.165, 1.54) is 11.3 Å². The minimum Gasteiger partial charge on any atom is -0.384 e. The van der Waals surface area contributed by atoms with E-state index in [1.807, 2.05) is 6.07 Å². The fourth-order valence-electron chi connectivity index (χ4n) is 0.869. The van der Waals surface area contributed by atoms with Crippen molar-refractivity contribution in [2.45, 2.75) is 6.54 Å². The molecule has 0 spiro atoms. The number of aliphatic hydroxyl groups is 1. The molecule has 0 saturated heterocycles. The van der Waals surface area contributed by atoms with E-state index in [4.69, 9.17) is 5.11 Å². The van der Waals surface area contributed by atoms with Crippen molar-refractivity contribution in [3.8, 4) is 11.8 Å². The average Bonchev–Trinajstić information content (AvgIpc) is 2.58. The Hall–Kier alpha value is -0.870. The zero-order valence-electron chi connectivity index (χ0n) is 8.15. The summed E-state index contributed by atoms with van der Waals surface area (Å²) in [5, 5.41) is 8.48. The SMILES string of the molecule is CS(=O)(=O)NCc1ccc(C#CCO)s1. The van der Waals surface area contributed by atoms with E-state index in [-0.39, 0.29) is 13.2 Å². The number of sulfonamides is 1. The fraction of sp³-hybridized carbons (Fsp3) is 0.333. The molecule has 0 atom stereocenters. The summed E-state index contributed by atoms with van der Waals surface area (Å²) < 4.78 is 24.0. The van der Waals surface area contributed by atoms with Gasteiger partial charge >= 0.3 is 0 Å². The Morgan fingerprint density at radius 1 is 1.53 bits per heavy atom. The van der Waals surface area contributed by atoms with Gasteiger partial charge in [0.05, 0.1) is 11.1 Å². The van der Waals surface area contributed by atoms with Gasteiger partial charge in [0.15, 0.2) is 0 Å². The Morgan fingerprint density at radius 2 is 2.27 bits per heavy atom. The molecule has 0 amide bonds. The molecule has 0 radical (unpaired) electrons. The van der Waals surface area contributed by atoms with Crippen LogP contribution >= 0.6 is 11.3 Å². The summed E-state index contributed by atoms with van der Waals surface area (Å²) in [4.78, 5) is 1.71. The van der Waals surface area contributed by atoms with Gasteiger partial charge in [-0.25, -0.2) is 13.1 Å². The van der Waals surface area contributed by atoms with Gasteiger partial charge in [-0.15, -0.1) is 11.3 Å². The third-order valence-corrected chi connectivity index (χ3v) is 3.13. The number of aliphatic hydroxyl groups excluding tert-OH is 1. The average molecular weight is 245 g/mol. The quantitative estimate of drug-likeness (QED) is 0.745. The van der Waals surface area contributed by atoms with Crippen LogP contribution in [0.2, 0.25) is 0 Å². The zero-order chi connectivity index (χ0) is 11.3. The third kappa shape index (κ3) is 4.95. The van der Waals surface area contributed by atoms with Gasteiger partial charge in [-0.05, 0) is 12.1 Å². The second-order valence-electron chi connectivity index (χ2n) is 2.82. The Bertz CT molecular complexity index is 479. The highest BCUT2D eigenvalue weighted by Crippen LogP contribution is 2.15. The number of hydrogen-bond acceptors (Lipinski definition) is 4. The monoisotopic (exact) mass is 245 g/mol. The van der Waals surface area contributed by atoms with E-state index in [9.17, 15) is 8.42 Å². The van der Waals surface area contributed by atoms with Crippen LogP contribution in [0.4, 0.5) is 0 Å². The summed E-state index contributed by atoms with van der Waals surface area (Å²) >= 11 is 1.40. The molecule has 0 bridgehead atoms. The molecular weight excluding hydrogens is 234 g/mol. The highest BCUT2D eigenvalue weighted by atomic mass is 32.2. The largest absolute Gasteiger partial charge is 0.384 e. The van der Waals surface area contributed by atoms with Gasteiger partial charge in [-0.1, -0.05) is 11.8 Å². The highest BCUT2D eigenvalue weighted by Gasteiger charge is 2.02. The lowest BCUT2D eigenvalue weighted by molar-refractivity contribution is 0.350. The number of hydrogen-bond donors (Lipinski definition) is 2. The van der Waals surface area contributed by atoms with Crippen LogP contribution in [-0.2, 0) is 16.6 Å². The topological polar surface area (TPSA) is 66.4 Å². The van der Waals surface area contributed by atoms with Crippen molar-refractivity contribution < 1.29 is 13.5 Å². The highest BCUT2D eigenvalue weighted by molar-refractivity contribution is 7.88. The van der Waals surface area contributed by atoms with Crippen LogP contribution in [0, 0.1) is 11.8 Å². The molecule has 1 rings (SSSR count). The number of thiophene rings is 1. The summed E-state index contributed by atoms with van der Waals surface area (Å²) in [6.07, 6.45) is 1.12. The molecule has 1 heterocycles. The van der Waals surface area contributed by atoms with Gasteiger partial charge in [0.2, 0.25) is 10.0 Å². The van der Waals surface area contributed by atoms with Crippen LogP contribution in [0.3, 0.4) is 0 Å². The van der Waals surface area contributed by atoms with Gasteiger partial charge < -0.3 is 5.11 Å². The predicted octanol–water partition coefficient (Wildman–Crippen LogP) is 0.141.